The van der Waals surface area contributed by atoms with Crippen molar-refractivity contribution in [2.24, 2.45) is 0 Å². The van der Waals surface area contributed by atoms with Gasteiger partial charge in [-0.2, -0.15) is 0 Å². The summed E-state index contributed by atoms with van der Waals surface area (Å²) in [5.74, 6) is 1.87. The monoisotopic (exact) mass is 675 g/mol. The molecule has 0 saturated heterocycles. The minimum absolute atomic E-state index is 0.615. The molecule has 0 bridgehead atoms. The van der Waals surface area contributed by atoms with E-state index in [2.05, 4.69) is 176 Å². The largest absolute Gasteiger partial charge is 0.455 e. The van der Waals surface area contributed by atoms with Gasteiger partial charge in [0.1, 0.15) is 11.2 Å². The van der Waals surface area contributed by atoms with E-state index in [1.54, 1.807) is 0 Å². The molecule has 2 heterocycles. The molecular formula is C49H29N3O. The van der Waals surface area contributed by atoms with Crippen LogP contribution in [0.4, 0.5) is 0 Å². The average molecular weight is 676 g/mol. The van der Waals surface area contributed by atoms with Crippen LogP contribution in [0, 0.1) is 0 Å². The smallest absolute Gasteiger partial charge is 0.164 e. The molecule has 4 heteroatoms. The van der Waals surface area contributed by atoms with E-state index in [0.717, 1.165) is 71.3 Å². The predicted molar refractivity (Wildman–Crippen MR) is 219 cm³/mol. The third kappa shape index (κ3) is 4.88. The molecule has 11 rings (SSSR count). The Morgan fingerprint density at radius 1 is 0.283 bits per heavy atom. The Morgan fingerprint density at radius 2 is 0.736 bits per heavy atom. The van der Waals surface area contributed by atoms with Crippen LogP contribution in [-0.4, -0.2) is 15.0 Å². The molecule has 0 amide bonds. The summed E-state index contributed by atoms with van der Waals surface area (Å²) in [5, 5.41) is 11.1. The zero-order valence-corrected chi connectivity index (χ0v) is 28.5. The molecule has 2 aromatic heterocycles. The molecule has 0 aliphatic rings. The zero-order chi connectivity index (χ0) is 34.9. The number of nitrogens with zero attached hydrogens (tertiary/aromatic N) is 3. The fourth-order valence-electron chi connectivity index (χ4n) is 7.80. The SMILES string of the molecule is c1ccc2cc(-c3nc(-c4ccc5ccccc5c4)nc(-c4cc5c6cccc(-c7ccc8ccccc8c7)c6oc5c5ccccc45)n3)ccc2c1. The van der Waals surface area contributed by atoms with Crippen LogP contribution in [0.15, 0.2) is 180 Å². The Labute approximate surface area is 304 Å². The first-order valence-corrected chi connectivity index (χ1v) is 17.8. The van der Waals surface area contributed by atoms with Gasteiger partial charge in [-0.1, -0.05) is 152 Å². The van der Waals surface area contributed by atoms with Crippen molar-refractivity contribution in [2.45, 2.75) is 0 Å². The van der Waals surface area contributed by atoms with Gasteiger partial charge in [0.2, 0.25) is 0 Å². The third-order valence-electron chi connectivity index (χ3n) is 10.5. The van der Waals surface area contributed by atoms with Crippen molar-refractivity contribution in [1.82, 2.24) is 15.0 Å². The summed E-state index contributed by atoms with van der Waals surface area (Å²) in [7, 11) is 0. The van der Waals surface area contributed by atoms with Crippen molar-refractivity contribution in [1.29, 1.82) is 0 Å². The van der Waals surface area contributed by atoms with E-state index in [1.807, 2.05) is 0 Å². The number of rotatable bonds is 4. The minimum Gasteiger partial charge on any atom is -0.455 e. The van der Waals surface area contributed by atoms with E-state index < -0.39 is 0 Å². The second-order valence-electron chi connectivity index (χ2n) is 13.6. The Hall–Kier alpha value is -7.17. The molecule has 0 unspecified atom stereocenters. The fourth-order valence-corrected chi connectivity index (χ4v) is 7.80. The first-order chi connectivity index (χ1) is 26.2. The topological polar surface area (TPSA) is 51.8 Å². The minimum atomic E-state index is 0.615. The molecule has 246 valence electrons. The van der Waals surface area contributed by atoms with Gasteiger partial charge in [0.25, 0.3) is 0 Å². The Kier molecular flexibility index (Phi) is 6.52. The average Bonchev–Trinajstić information content (AvgIpc) is 3.62. The van der Waals surface area contributed by atoms with Gasteiger partial charge in [-0.3, -0.25) is 0 Å². The standard InChI is InChI=1S/C49H29N3O/c1-4-13-33-26-36(23-20-30(33)10-1)39-18-9-19-42-43-29-44(40-16-7-8-17-41(40)46(43)53-45(39)42)49-51-47(37-24-21-31-11-2-5-14-34(31)27-37)50-48(52-49)38-25-22-32-12-3-6-15-35(32)28-38/h1-29H. The van der Waals surface area contributed by atoms with Crippen LogP contribution < -0.4 is 0 Å². The van der Waals surface area contributed by atoms with Crippen LogP contribution in [0.1, 0.15) is 0 Å². The summed E-state index contributed by atoms with van der Waals surface area (Å²) in [4.78, 5) is 15.6. The van der Waals surface area contributed by atoms with Gasteiger partial charge in [-0.15, -0.1) is 0 Å². The van der Waals surface area contributed by atoms with Crippen molar-refractivity contribution >= 4 is 65.0 Å². The van der Waals surface area contributed by atoms with Gasteiger partial charge in [0.15, 0.2) is 17.5 Å². The maximum atomic E-state index is 6.87. The highest BCUT2D eigenvalue weighted by Crippen LogP contribution is 2.42. The van der Waals surface area contributed by atoms with Crippen LogP contribution in [0.2, 0.25) is 0 Å². The van der Waals surface area contributed by atoms with Crippen LogP contribution in [0.3, 0.4) is 0 Å². The molecule has 0 atom stereocenters. The second-order valence-corrected chi connectivity index (χ2v) is 13.6. The number of para-hydroxylation sites is 1. The Balaban J connectivity index is 1.16. The number of aromatic nitrogens is 3. The second kappa shape index (κ2) is 11.7. The molecular weight excluding hydrogens is 647 g/mol. The summed E-state index contributed by atoms with van der Waals surface area (Å²) in [5.41, 5.74) is 6.71. The summed E-state index contributed by atoms with van der Waals surface area (Å²) < 4.78 is 6.87. The third-order valence-corrected chi connectivity index (χ3v) is 10.5. The molecule has 0 aliphatic heterocycles. The van der Waals surface area contributed by atoms with Gasteiger partial charge in [-0.05, 0) is 67.5 Å². The number of hydrogen-bond donors (Lipinski definition) is 0. The molecule has 0 N–H and O–H groups in total. The molecule has 0 fully saturated rings. The first kappa shape index (κ1) is 29.5. The molecule has 0 spiro atoms. The van der Waals surface area contributed by atoms with Crippen LogP contribution in [0.5, 0.6) is 0 Å². The Morgan fingerprint density at radius 3 is 1.34 bits per heavy atom. The van der Waals surface area contributed by atoms with Crippen molar-refractivity contribution in [3.8, 4) is 45.3 Å². The molecule has 0 aliphatic carbocycles. The summed E-state index contributed by atoms with van der Waals surface area (Å²) in [6.07, 6.45) is 0. The number of furan rings is 1. The molecule has 0 radical (unpaired) electrons. The molecule has 4 nitrogen and oxygen atoms in total. The summed E-state index contributed by atoms with van der Waals surface area (Å²) in [6.45, 7) is 0. The van der Waals surface area contributed by atoms with E-state index >= 15 is 0 Å². The van der Waals surface area contributed by atoms with Gasteiger partial charge in [0.05, 0.1) is 0 Å². The molecule has 11 aromatic rings. The maximum absolute atomic E-state index is 6.87. The lowest BCUT2D eigenvalue weighted by Gasteiger charge is -2.12. The first-order valence-electron chi connectivity index (χ1n) is 17.8. The zero-order valence-electron chi connectivity index (χ0n) is 28.5. The lowest BCUT2D eigenvalue weighted by atomic mass is 9.97. The lowest BCUT2D eigenvalue weighted by molar-refractivity contribution is 0.674. The summed E-state index contributed by atoms with van der Waals surface area (Å²) >= 11 is 0. The molecule has 0 saturated carbocycles. The number of benzene rings is 9. The fraction of sp³-hybridized carbons (Fsp3) is 0. The summed E-state index contributed by atoms with van der Waals surface area (Å²) in [6, 6.07) is 61.7. The molecule has 53 heavy (non-hydrogen) atoms. The predicted octanol–water partition coefficient (Wildman–Crippen LogP) is 13.1. The van der Waals surface area contributed by atoms with Crippen LogP contribution >= 0.6 is 0 Å². The lowest BCUT2D eigenvalue weighted by Crippen LogP contribution is -2.01. The van der Waals surface area contributed by atoms with Crippen molar-refractivity contribution in [3.05, 3.63) is 176 Å². The molecule has 9 aromatic carbocycles. The number of hydrogen-bond acceptors (Lipinski definition) is 4. The van der Waals surface area contributed by atoms with Gasteiger partial charge in [0, 0.05) is 38.4 Å². The van der Waals surface area contributed by atoms with Crippen LogP contribution in [0.25, 0.3) is 110 Å². The highest BCUT2D eigenvalue weighted by molar-refractivity contribution is 6.20. The van der Waals surface area contributed by atoms with E-state index in [1.165, 1.54) is 21.5 Å². The van der Waals surface area contributed by atoms with E-state index in [-0.39, 0.29) is 0 Å². The van der Waals surface area contributed by atoms with E-state index in [0.29, 0.717) is 17.5 Å². The van der Waals surface area contributed by atoms with Gasteiger partial charge < -0.3 is 4.42 Å². The van der Waals surface area contributed by atoms with Crippen molar-refractivity contribution in [3.63, 3.8) is 0 Å². The van der Waals surface area contributed by atoms with Crippen molar-refractivity contribution in [2.75, 3.05) is 0 Å². The van der Waals surface area contributed by atoms with Crippen molar-refractivity contribution < 1.29 is 4.42 Å². The normalized spacial score (nSPS) is 11.8. The van der Waals surface area contributed by atoms with Crippen LogP contribution in [-0.2, 0) is 0 Å². The Bertz CT molecular complexity index is 3150. The van der Waals surface area contributed by atoms with E-state index in [9.17, 15) is 0 Å². The van der Waals surface area contributed by atoms with Gasteiger partial charge in [-0.25, -0.2) is 15.0 Å². The highest BCUT2D eigenvalue weighted by Gasteiger charge is 2.20. The van der Waals surface area contributed by atoms with Gasteiger partial charge >= 0.3 is 0 Å². The highest BCUT2D eigenvalue weighted by atomic mass is 16.3. The maximum Gasteiger partial charge on any atom is 0.164 e. The quantitative estimate of drug-likeness (QED) is 0.186. The number of fused-ring (bicyclic) bond motifs is 8. The van der Waals surface area contributed by atoms with E-state index in [4.69, 9.17) is 19.4 Å².